The number of amides is 1. The van der Waals surface area contributed by atoms with E-state index in [1.54, 1.807) is 14.2 Å². The second-order valence-corrected chi connectivity index (χ2v) is 7.14. The van der Waals surface area contributed by atoms with Crippen LogP contribution >= 0.6 is 0 Å². The van der Waals surface area contributed by atoms with Crippen molar-refractivity contribution in [1.29, 1.82) is 0 Å². The van der Waals surface area contributed by atoms with Crippen LogP contribution in [0, 0.1) is 0 Å². The zero-order valence-electron chi connectivity index (χ0n) is 15.7. The molecule has 0 aliphatic carbocycles. The maximum absolute atomic E-state index is 13.2. The predicted octanol–water partition coefficient (Wildman–Crippen LogP) is 3.07. The molecule has 2 heterocycles. The van der Waals surface area contributed by atoms with E-state index in [-0.39, 0.29) is 5.54 Å². The predicted molar refractivity (Wildman–Crippen MR) is 98.0 cm³/mol. The van der Waals surface area contributed by atoms with Gasteiger partial charge in [-0.25, -0.2) is 0 Å². The summed E-state index contributed by atoms with van der Waals surface area (Å²) in [4.78, 5) is 17.7. The maximum atomic E-state index is 13.2. The fourth-order valence-electron chi connectivity index (χ4n) is 4.44. The molecular weight excluding hydrogens is 316 g/mol. The molecule has 1 spiro atoms. The summed E-state index contributed by atoms with van der Waals surface area (Å²) in [5.74, 6) is 1.83. The average Bonchev–Trinajstić information content (AvgIpc) is 3.02. The van der Waals surface area contributed by atoms with Crippen molar-refractivity contribution in [2.45, 2.75) is 51.1 Å². The Labute approximate surface area is 150 Å². The lowest BCUT2D eigenvalue weighted by molar-refractivity contribution is -0.147. The Morgan fingerprint density at radius 3 is 2.48 bits per heavy atom. The van der Waals surface area contributed by atoms with Crippen LogP contribution in [0.1, 0.15) is 44.6 Å². The third-order valence-corrected chi connectivity index (χ3v) is 5.64. The van der Waals surface area contributed by atoms with Crippen LogP contribution < -0.4 is 9.47 Å². The SMILES string of the molecule is CCCN1CCCC2(CCCN2Cc2ccc(OC)c(OC)c2)C1=O. The quantitative estimate of drug-likeness (QED) is 0.794. The van der Waals surface area contributed by atoms with Crippen molar-refractivity contribution < 1.29 is 14.3 Å². The summed E-state index contributed by atoms with van der Waals surface area (Å²) < 4.78 is 10.8. The Bertz CT molecular complexity index is 617. The van der Waals surface area contributed by atoms with Crippen LogP contribution in [-0.2, 0) is 11.3 Å². The Balaban J connectivity index is 1.81. The highest BCUT2D eigenvalue weighted by Gasteiger charge is 2.50. The first-order valence-electron chi connectivity index (χ1n) is 9.40. The second kappa shape index (κ2) is 7.65. The van der Waals surface area contributed by atoms with Crippen molar-refractivity contribution >= 4 is 5.91 Å². The number of carbonyl (C=O) groups excluding carboxylic acids is 1. The monoisotopic (exact) mass is 346 g/mol. The average molecular weight is 346 g/mol. The van der Waals surface area contributed by atoms with Gasteiger partial charge < -0.3 is 14.4 Å². The van der Waals surface area contributed by atoms with Gasteiger partial charge in [-0.05, 0) is 56.3 Å². The Morgan fingerprint density at radius 1 is 1.08 bits per heavy atom. The number of likely N-dealkylation sites (tertiary alicyclic amines) is 2. The van der Waals surface area contributed by atoms with Gasteiger partial charge in [-0.1, -0.05) is 13.0 Å². The molecule has 1 amide bonds. The number of nitrogens with zero attached hydrogens (tertiary/aromatic N) is 2. The van der Waals surface area contributed by atoms with Gasteiger partial charge in [0.2, 0.25) is 5.91 Å². The minimum Gasteiger partial charge on any atom is -0.493 e. The lowest BCUT2D eigenvalue weighted by Gasteiger charge is -2.44. The number of hydrogen-bond acceptors (Lipinski definition) is 4. The summed E-state index contributed by atoms with van der Waals surface area (Å²) >= 11 is 0. The van der Waals surface area contributed by atoms with Crippen LogP contribution in [0.25, 0.3) is 0 Å². The molecule has 138 valence electrons. The van der Waals surface area contributed by atoms with Gasteiger partial charge in [0.05, 0.1) is 14.2 Å². The zero-order chi connectivity index (χ0) is 17.9. The first kappa shape index (κ1) is 18.1. The van der Waals surface area contributed by atoms with Crippen LogP contribution in [0.4, 0.5) is 0 Å². The van der Waals surface area contributed by atoms with Gasteiger partial charge in [0, 0.05) is 19.6 Å². The Morgan fingerprint density at radius 2 is 1.80 bits per heavy atom. The molecule has 3 rings (SSSR count). The van der Waals surface area contributed by atoms with Crippen LogP contribution in [0.5, 0.6) is 11.5 Å². The molecule has 0 bridgehead atoms. The van der Waals surface area contributed by atoms with Gasteiger partial charge in [-0.3, -0.25) is 9.69 Å². The lowest BCUT2D eigenvalue weighted by Crippen LogP contribution is -2.59. The molecule has 2 saturated heterocycles. The van der Waals surface area contributed by atoms with Gasteiger partial charge in [0.1, 0.15) is 5.54 Å². The summed E-state index contributed by atoms with van der Waals surface area (Å²) in [6.45, 7) is 5.71. The summed E-state index contributed by atoms with van der Waals surface area (Å²) in [6.07, 6.45) is 5.20. The topological polar surface area (TPSA) is 42.0 Å². The molecule has 1 unspecified atom stereocenters. The summed E-state index contributed by atoms with van der Waals surface area (Å²) in [6, 6.07) is 6.05. The highest BCUT2D eigenvalue weighted by Crippen LogP contribution is 2.40. The third kappa shape index (κ3) is 3.34. The van der Waals surface area contributed by atoms with E-state index < -0.39 is 0 Å². The number of ether oxygens (including phenoxy) is 2. The molecular formula is C20H30N2O3. The van der Waals surface area contributed by atoms with Crippen molar-refractivity contribution in [3.05, 3.63) is 23.8 Å². The Hall–Kier alpha value is -1.75. The minimum atomic E-state index is -0.291. The molecule has 0 aromatic heterocycles. The molecule has 5 heteroatoms. The van der Waals surface area contributed by atoms with Crippen molar-refractivity contribution in [2.24, 2.45) is 0 Å². The summed E-state index contributed by atoms with van der Waals surface area (Å²) in [5.41, 5.74) is 0.875. The van der Waals surface area contributed by atoms with Gasteiger partial charge >= 0.3 is 0 Å². The molecule has 2 fully saturated rings. The van der Waals surface area contributed by atoms with Gasteiger partial charge in [-0.15, -0.1) is 0 Å². The smallest absolute Gasteiger partial charge is 0.243 e. The highest BCUT2D eigenvalue weighted by atomic mass is 16.5. The normalized spacial score (nSPS) is 24.1. The van der Waals surface area contributed by atoms with Crippen LogP contribution in [-0.4, -0.2) is 55.1 Å². The maximum Gasteiger partial charge on any atom is 0.243 e. The summed E-state index contributed by atoms with van der Waals surface area (Å²) in [5, 5.41) is 0. The van der Waals surface area contributed by atoms with E-state index in [2.05, 4.69) is 22.8 Å². The Kier molecular flexibility index (Phi) is 5.52. The standard InChI is InChI=1S/C20H30N2O3/c1-4-11-21-12-5-9-20(19(21)23)10-6-13-22(20)15-16-7-8-17(24-2)18(14-16)25-3/h7-8,14H,4-6,9-13,15H2,1-3H3. The van der Waals surface area contributed by atoms with Gasteiger partial charge in [0.15, 0.2) is 11.5 Å². The zero-order valence-corrected chi connectivity index (χ0v) is 15.7. The van der Waals surface area contributed by atoms with Crippen molar-refractivity contribution in [1.82, 2.24) is 9.80 Å². The van der Waals surface area contributed by atoms with Gasteiger partial charge in [-0.2, -0.15) is 0 Å². The van der Waals surface area contributed by atoms with Crippen LogP contribution in [0.2, 0.25) is 0 Å². The van der Waals surface area contributed by atoms with Gasteiger partial charge in [0.25, 0.3) is 0 Å². The highest BCUT2D eigenvalue weighted by molar-refractivity contribution is 5.87. The number of rotatable bonds is 6. The van der Waals surface area contributed by atoms with E-state index >= 15 is 0 Å². The van der Waals surface area contributed by atoms with Crippen molar-refractivity contribution in [3.8, 4) is 11.5 Å². The molecule has 2 aliphatic rings. The van der Waals surface area contributed by atoms with E-state index in [0.29, 0.717) is 5.91 Å². The molecule has 2 aliphatic heterocycles. The van der Waals surface area contributed by atoms with E-state index in [9.17, 15) is 4.79 Å². The molecule has 5 nitrogen and oxygen atoms in total. The fourth-order valence-corrected chi connectivity index (χ4v) is 4.44. The molecule has 1 aromatic rings. The lowest BCUT2D eigenvalue weighted by atomic mass is 9.85. The van der Waals surface area contributed by atoms with E-state index in [0.717, 1.165) is 69.8 Å². The van der Waals surface area contributed by atoms with E-state index in [4.69, 9.17) is 9.47 Å². The van der Waals surface area contributed by atoms with Crippen molar-refractivity contribution in [2.75, 3.05) is 33.9 Å². The van der Waals surface area contributed by atoms with E-state index in [1.807, 2.05) is 12.1 Å². The molecule has 1 aromatic carbocycles. The number of hydrogen-bond donors (Lipinski definition) is 0. The summed E-state index contributed by atoms with van der Waals surface area (Å²) in [7, 11) is 3.31. The number of benzene rings is 1. The number of piperidine rings is 1. The van der Waals surface area contributed by atoms with Crippen LogP contribution in [0.15, 0.2) is 18.2 Å². The number of methoxy groups -OCH3 is 2. The first-order chi connectivity index (χ1) is 12.1. The van der Waals surface area contributed by atoms with Crippen LogP contribution in [0.3, 0.4) is 0 Å². The van der Waals surface area contributed by atoms with Crippen molar-refractivity contribution in [3.63, 3.8) is 0 Å². The molecule has 0 radical (unpaired) electrons. The molecule has 0 N–H and O–H groups in total. The minimum absolute atomic E-state index is 0.291. The largest absolute Gasteiger partial charge is 0.493 e. The molecule has 25 heavy (non-hydrogen) atoms. The molecule has 0 saturated carbocycles. The van der Waals surface area contributed by atoms with E-state index in [1.165, 1.54) is 5.56 Å². The second-order valence-electron chi connectivity index (χ2n) is 7.14. The fraction of sp³-hybridized carbons (Fsp3) is 0.650. The molecule has 1 atom stereocenters. The number of carbonyl (C=O) groups is 1. The first-order valence-corrected chi connectivity index (χ1v) is 9.40. The third-order valence-electron chi connectivity index (χ3n) is 5.64.